The Kier molecular flexibility index (Phi) is 5.15. The van der Waals surface area contributed by atoms with Crippen LogP contribution in [0.2, 0.25) is 0 Å². The number of esters is 1. The average molecular weight is 271 g/mol. The first kappa shape index (κ1) is 14.5. The van der Waals surface area contributed by atoms with E-state index in [0.717, 1.165) is 11.8 Å². The van der Waals surface area contributed by atoms with Crippen LogP contribution < -0.4 is 5.73 Å². The zero-order valence-electron chi connectivity index (χ0n) is 10.3. The van der Waals surface area contributed by atoms with Crippen LogP contribution in [0.4, 0.5) is 5.69 Å². The maximum Gasteiger partial charge on any atom is 0.306 e. The van der Waals surface area contributed by atoms with Gasteiger partial charge >= 0.3 is 5.97 Å². The summed E-state index contributed by atoms with van der Waals surface area (Å²) >= 11 is 0. The molecule has 0 saturated carbocycles. The summed E-state index contributed by atoms with van der Waals surface area (Å²) in [4.78, 5) is 11.3. The molecule has 0 aliphatic carbocycles. The Morgan fingerprint density at radius 3 is 2.44 bits per heavy atom. The normalized spacial score (nSPS) is 11.2. The van der Waals surface area contributed by atoms with Gasteiger partial charge in [0.2, 0.25) is 0 Å². The molecule has 0 fully saturated rings. The van der Waals surface area contributed by atoms with E-state index in [0.29, 0.717) is 12.1 Å². The fourth-order valence-corrected chi connectivity index (χ4v) is 1.70. The molecule has 0 aliphatic heterocycles. The molecule has 1 aromatic carbocycles. The van der Waals surface area contributed by atoms with E-state index < -0.39 is 15.8 Å². The van der Waals surface area contributed by atoms with E-state index >= 15 is 0 Å². The van der Waals surface area contributed by atoms with E-state index in [2.05, 4.69) is 0 Å². The lowest BCUT2D eigenvalue weighted by atomic mass is 10.1. The van der Waals surface area contributed by atoms with E-state index in [-0.39, 0.29) is 18.8 Å². The zero-order chi connectivity index (χ0) is 13.6. The number of hydrogen-bond acceptors (Lipinski definition) is 5. The van der Waals surface area contributed by atoms with Crippen LogP contribution in [0.3, 0.4) is 0 Å². The number of carbonyl (C=O) groups excluding carboxylic acids is 1. The standard InChI is InChI=1S/C12H17NO4S/c1-18(15,16)9-8-17-12(14)7-4-10-2-5-11(13)6-3-10/h2-3,5-6H,4,7-9,13H2,1H3. The van der Waals surface area contributed by atoms with Crippen LogP contribution in [0.15, 0.2) is 24.3 Å². The molecule has 0 atom stereocenters. The molecule has 2 N–H and O–H groups in total. The topological polar surface area (TPSA) is 86.5 Å². The molecule has 5 nitrogen and oxygen atoms in total. The minimum atomic E-state index is -3.08. The second-order valence-electron chi connectivity index (χ2n) is 4.09. The lowest BCUT2D eigenvalue weighted by molar-refractivity contribution is -0.142. The van der Waals surface area contributed by atoms with E-state index in [9.17, 15) is 13.2 Å². The summed E-state index contributed by atoms with van der Waals surface area (Å²) < 4.78 is 26.5. The summed E-state index contributed by atoms with van der Waals surface area (Å²) in [5, 5.41) is 0. The molecule has 0 radical (unpaired) electrons. The lowest BCUT2D eigenvalue weighted by Gasteiger charge is -2.04. The lowest BCUT2D eigenvalue weighted by Crippen LogP contribution is -2.14. The second kappa shape index (κ2) is 6.39. The van der Waals surface area contributed by atoms with Crippen LogP contribution in [0.25, 0.3) is 0 Å². The number of nitrogens with two attached hydrogens (primary N) is 1. The molecular formula is C12H17NO4S. The molecule has 0 unspecified atom stereocenters. The Labute approximate surface area is 107 Å². The molecular weight excluding hydrogens is 254 g/mol. The van der Waals surface area contributed by atoms with E-state index in [4.69, 9.17) is 10.5 Å². The third kappa shape index (κ3) is 6.24. The second-order valence-corrected chi connectivity index (χ2v) is 6.35. The van der Waals surface area contributed by atoms with E-state index in [1.54, 1.807) is 12.1 Å². The van der Waals surface area contributed by atoms with Crippen molar-refractivity contribution in [2.45, 2.75) is 12.8 Å². The zero-order valence-corrected chi connectivity index (χ0v) is 11.1. The van der Waals surface area contributed by atoms with Crippen molar-refractivity contribution in [1.29, 1.82) is 0 Å². The van der Waals surface area contributed by atoms with E-state index in [1.165, 1.54) is 0 Å². The first-order valence-corrected chi connectivity index (χ1v) is 7.60. The summed E-state index contributed by atoms with van der Waals surface area (Å²) in [6.07, 6.45) is 1.89. The third-order valence-electron chi connectivity index (χ3n) is 2.31. The monoisotopic (exact) mass is 271 g/mol. The van der Waals surface area contributed by atoms with Crippen LogP contribution in [0.5, 0.6) is 0 Å². The van der Waals surface area contributed by atoms with Gasteiger partial charge in [-0.05, 0) is 24.1 Å². The van der Waals surface area contributed by atoms with Gasteiger partial charge in [0.05, 0.1) is 5.75 Å². The fraction of sp³-hybridized carbons (Fsp3) is 0.417. The first-order chi connectivity index (χ1) is 8.37. The summed E-state index contributed by atoms with van der Waals surface area (Å²) in [6, 6.07) is 7.23. The molecule has 1 rings (SSSR count). The molecule has 18 heavy (non-hydrogen) atoms. The van der Waals surface area contributed by atoms with Gasteiger partial charge in [-0.3, -0.25) is 4.79 Å². The Balaban J connectivity index is 2.27. The molecule has 100 valence electrons. The van der Waals surface area contributed by atoms with Gasteiger partial charge in [0.25, 0.3) is 0 Å². The number of benzene rings is 1. The maximum absolute atomic E-state index is 11.3. The number of hydrogen-bond donors (Lipinski definition) is 1. The van der Waals surface area contributed by atoms with Gasteiger partial charge in [0.1, 0.15) is 6.61 Å². The molecule has 0 amide bonds. The highest BCUT2D eigenvalue weighted by Crippen LogP contribution is 2.08. The van der Waals surface area contributed by atoms with Crippen LogP contribution in [0, 0.1) is 0 Å². The Hall–Kier alpha value is -1.56. The average Bonchev–Trinajstić information content (AvgIpc) is 2.26. The van der Waals surface area contributed by atoms with Crippen molar-refractivity contribution in [3.8, 4) is 0 Å². The van der Waals surface area contributed by atoms with Gasteiger partial charge in [-0.15, -0.1) is 0 Å². The quantitative estimate of drug-likeness (QED) is 0.610. The number of rotatable bonds is 6. The molecule has 6 heteroatoms. The highest BCUT2D eigenvalue weighted by molar-refractivity contribution is 7.90. The summed E-state index contributed by atoms with van der Waals surface area (Å²) in [7, 11) is -3.08. The van der Waals surface area contributed by atoms with Crippen molar-refractivity contribution in [2.75, 3.05) is 24.3 Å². The number of anilines is 1. The van der Waals surface area contributed by atoms with Crippen LogP contribution in [-0.4, -0.2) is 33.0 Å². The predicted molar refractivity (Wildman–Crippen MR) is 69.8 cm³/mol. The van der Waals surface area contributed by atoms with Gasteiger partial charge in [-0.2, -0.15) is 0 Å². The minimum absolute atomic E-state index is 0.0839. The number of ether oxygens (including phenoxy) is 1. The van der Waals surface area contributed by atoms with Crippen LogP contribution >= 0.6 is 0 Å². The van der Waals surface area contributed by atoms with Crippen LogP contribution in [-0.2, 0) is 25.8 Å². The van der Waals surface area contributed by atoms with Gasteiger partial charge < -0.3 is 10.5 Å². The summed E-state index contributed by atoms with van der Waals surface area (Å²) in [6.45, 7) is -0.0839. The van der Waals surface area contributed by atoms with Gasteiger partial charge in [0.15, 0.2) is 9.84 Å². The molecule has 1 aromatic rings. The van der Waals surface area contributed by atoms with Crippen molar-refractivity contribution in [3.63, 3.8) is 0 Å². The predicted octanol–water partition coefficient (Wildman–Crippen LogP) is 0.789. The van der Waals surface area contributed by atoms with Crippen molar-refractivity contribution < 1.29 is 17.9 Å². The van der Waals surface area contributed by atoms with Crippen molar-refractivity contribution in [1.82, 2.24) is 0 Å². The first-order valence-electron chi connectivity index (χ1n) is 5.54. The van der Waals surface area contributed by atoms with Gasteiger partial charge in [-0.1, -0.05) is 12.1 Å². The fourth-order valence-electron chi connectivity index (χ4n) is 1.31. The molecule has 0 saturated heterocycles. The Morgan fingerprint density at radius 2 is 1.89 bits per heavy atom. The molecule has 0 aliphatic rings. The van der Waals surface area contributed by atoms with Crippen molar-refractivity contribution >= 4 is 21.5 Å². The van der Waals surface area contributed by atoms with Crippen molar-refractivity contribution in [3.05, 3.63) is 29.8 Å². The van der Waals surface area contributed by atoms with E-state index in [1.807, 2.05) is 12.1 Å². The number of nitrogen functional groups attached to an aromatic ring is 1. The highest BCUT2D eigenvalue weighted by Gasteiger charge is 2.07. The van der Waals surface area contributed by atoms with Crippen molar-refractivity contribution in [2.24, 2.45) is 0 Å². The number of sulfone groups is 1. The minimum Gasteiger partial charge on any atom is -0.465 e. The number of aryl methyl sites for hydroxylation is 1. The number of carbonyl (C=O) groups is 1. The molecule has 0 aromatic heterocycles. The SMILES string of the molecule is CS(=O)(=O)CCOC(=O)CCc1ccc(N)cc1. The summed E-state index contributed by atoms with van der Waals surface area (Å²) in [5.74, 6) is -0.531. The molecule has 0 bridgehead atoms. The van der Waals surface area contributed by atoms with Gasteiger partial charge in [0, 0.05) is 18.4 Å². The summed E-state index contributed by atoms with van der Waals surface area (Å²) in [5.41, 5.74) is 7.21. The Morgan fingerprint density at radius 1 is 1.28 bits per heavy atom. The Bertz CT molecular complexity index is 493. The smallest absolute Gasteiger partial charge is 0.306 e. The molecule has 0 spiro atoms. The molecule has 0 heterocycles. The maximum atomic E-state index is 11.3. The largest absolute Gasteiger partial charge is 0.465 e. The van der Waals surface area contributed by atoms with Gasteiger partial charge in [-0.25, -0.2) is 8.42 Å². The third-order valence-corrected chi connectivity index (χ3v) is 3.22. The van der Waals surface area contributed by atoms with Crippen LogP contribution in [0.1, 0.15) is 12.0 Å². The highest BCUT2D eigenvalue weighted by atomic mass is 32.2.